The first-order valence-corrected chi connectivity index (χ1v) is 13.4. The first-order valence-electron chi connectivity index (χ1n) is 13.4. The molecule has 2 aliphatic rings. The van der Waals surface area contributed by atoms with Crippen LogP contribution in [-0.2, 0) is 19.1 Å². The van der Waals surface area contributed by atoms with E-state index in [0.29, 0.717) is 21.6 Å². The molecule has 0 fully saturated rings. The van der Waals surface area contributed by atoms with Gasteiger partial charge in [0, 0.05) is 21.6 Å². The van der Waals surface area contributed by atoms with Crippen molar-refractivity contribution in [1.29, 1.82) is 0 Å². The molecule has 4 aromatic carbocycles. The fourth-order valence-corrected chi connectivity index (χ4v) is 5.11. The summed E-state index contributed by atoms with van der Waals surface area (Å²) in [4.78, 5) is 53.9. The summed E-state index contributed by atoms with van der Waals surface area (Å²) in [7, 11) is 0. The van der Waals surface area contributed by atoms with Gasteiger partial charge < -0.3 is 18.9 Å². The van der Waals surface area contributed by atoms with Gasteiger partial charge in [-0.1, -0.05) is 78.4 Å². The summed E-state index contributed by atoms with van der Waals surface area (Å²) >= 11 is 0. The highest BCUT2D eigenvalue weighted by molar-refractivity contribution is 6.58. The van der Waals surface area contributed by atoms with E-state index < -0.39 is 23.9 Å². The van der Waals surface area contributed by atoms with Crippen molar-refractivity contribution in [2.24, 2.45) is 0 Å². The molecule has 0 aromatic heterocycles. The summed E-state index contributed by atoms with van der Waals surface area (Å²) in [6.07, 6.45) is -2.20. The number of fused-ring (bicyclic) bond motifs is 3. The number of hydrogen-bond acceptors (Lipinski definition) is 8. The third-order valence-corrected chi connectivity index (χ3v) is 7.19. The highest BCUT2D eigenvalue weighted by Crippen LogP contribution is 2.27. The first-order chi connectivity index (χ1) is 20.7. The highest BCUT2D eigenvalue weighted by Gasteiger charge is 2.37. The van der Waals surface area contributed by atoms with Gasteiger partial charge in [0.25, 0.3) is 0 Å². The van der Waals surface area contributed by atoms with Gasteiger partial charge in [0.15, 0.2) is 11.5 Å². The molecule has 4 aromatic rings. The Morgan fingerprint density at radius 2 is 0.930 bits per heavy atom. The van der Waals surface area contributed by atoms with Crippen LogP contribution in [0.5, 0.6) is 11.5 Å². The van der Waals surface area contributed by atoms with E-state index in [9.17, 15) is 19.2 Å². The van der Waals surface area contributed by atoms with Crippen molar-refractivity contribution >= 4 is 46.5 Å². The number of benzene rings is 4. The van der Waals surface area contributed by atoms with Crippen LogP contribution < -0.4 is 30.3 Å². The molecule has 0 saturated heterocycles. The molecular formula is C35H24O8. The van der Waals surface area contributed by atoms with Gasteiger partial charge in [-0.05, 0) is 60.5 Å². The average Bonchev–Trinajstić information content (AvgIpc) is 2.99. The zero-order valence-corrected chi connectivity index (χ0v) is 23.4. The van der Waals surface area contributed by atoms with Gasteiger partial charge >= 0.3 is 12.3 Å². The molecule has 43 heavy (non-hydrogen) atoms. The van der Waals surface area contributed by atoms with Crippen LogP contribution in [0.15, 0.2) is 91.0 Å². The Kier molecular flexibility index (Phi) is 6.95. The van der Waals surface area contributed by atoms with Crippen molar-refractivity contribution in [2.75, 3.05) is 0 Å². The predicted octanol–water partition coefficient (Wildman–Crippen LogP) is 3.43. The van der Waals surface area contributed by atoms with E-state index in [-0.39, 0.29) is 44.6 Å². The molecule has 8 heteroatoms. The molecule has 0 unspecified atom stereocenters. The topological polar surface area (TPSA) is 105 Å². The minimum atomic E-state index is -1.10. The van der Waals surface area contributed by atoms with Crippen LogP contribution in [0.4, 0.5) is 9.59 Å². The maximum absolute atomic E-state index is 14.1. The van der Waals surface area contributed by atoms with Gasteiger partial charge in [-0.3, -0.25) is 9.59 Å². The van der Waals surface area contributed by atoms with E-state index in [0.717, 1.165) is 5.56 Å². The lowest BCUT2D eigenvalue weighted by Gasteiger charge is -2.22. The minimum Gasteiger partial charge on any atom is -0.394 e. The summed E-state index contributed by atoms with van der Waals surface area (Å²) in [6.45, 7) is 5.35. The first kappa shape index (κ1) is 27.4. The lowest BCUT2D eigenvalue weighted by molar-refractivity contribution is -0.112. The maximum atomic E-state index is 14.1. The molecular weight excluding hydrogens is 548 g/mol. The molecule has 0 bridgehead atoms. The van der Waals surface area contributed by atoms with E-state index in [2.05, 4.69) is 0 Å². The highest BCUT2D eigenvalue weighted by atomic mass is 16.7. The summed E-state index contributed by atoms with van der Waals surface area (Å²) in [5, 5.41) is 1.13. The molecule has 0 spiro atoms. The normalized spacial score (nSPS) is 13.6. The molecule has 0 aliphatic heterocycles. The Balaban J connectivity index is 1.49. The third kappa shape index (κ3) is 4.99. The number of para-hydroxylation sites is 2. The predicted molar refractivity (Wildman–Crippen MR) is 156 cm³/mol. The number of rotatable bonds is 4. The van der Waals surface area contributed by atoms with Gasteiger partial charge in [-0.25, -0.2) is 9.59 Å². The smallest absolute Gasteiger partial charge is 0.394 e. The number of hydrogen-bond donors (Lipinski definition) is 0. The van der Waals surface area contributed by atoms with Gasteiger partial charge in [0.2, 0.25) is 11.6 Å². The number of Topliss-reactive ketones (excluding diaryl/α,β-unsaturated/α-hetero) is 2. The fourth-order valence-electron chi connectivity index (χ4n) is 5.11. The van der Waals surface area contributed by atoms with E-state index in [4.69, 9.17) is 18.9 Å². The van der Waals surface area contributed by atoms with Gasteiger partial charge in [-0.15, -0.1) is 0 Å². The Morgan fingerprint density at radius 3 is 1.47 bits per heavy atom. The minimum absolute atomic E-state index is 0.0234. The quantitative estimate of drug-likeness (QED) is 0.271. The van der Waals surface area contributed by atoms with E-state index in [1.54, 1.807) is 112 Å². The summed E-state index contributed by atoms with van der Waals surface area (Å²) in [5.41, 5.74) is 2.22. The maximum Gasteiger partial charge on any atom is 0.519 e. The zero-order valence-electron chi connectivity index (χ0n) is 23.4. The van der Waals surface area contributed by atoms with E-state index in [1.165, 1.54) is 0 Å². The molecule has 6 rings (SSSR count). The molecule has 0 radical (unpaired) electrons. The van der Waals surface area contributed by atoms with Crippen molar-refractivity contribution in [3.8, 4) is 11.5 Å². The van der Waals surface area contributed by atoms with Crippen molar-refractivity contribution in [3.05, 3.63) is 129 Å². The second-order valence-corrected chi connectivity index (χ2v) is 10.1. The van der Waals surface area contributed by atoms with Crippen LogP contribution in [0.2, 0.25) is 0 Å². The summed E-state index contributed by atoms with van der Waals surface area (Å²) in [6, 6.07) is 25.4. The number of ether oxygens (including phenoxy) is 4. The molecule has 2 aliphatic carbocycles. The van der Waals surface area contributed by atoms with Crippen LogP contribution in [0.25, 0.3) is 22.7 Å². The lowest BCUT2D eigenvalue weighted by atomic mass is 9.83. The third-order valence-electron chi connectivity index (χ3n) is 7.19. The zero-order chi connectivity index (χ0) is 30.2. The van der Waals surface area contributed by atoms with Crippen molar-refractivity contribution in [1.82, 2.24) is 0 Å². The molecule has 0 amide bonds. The summed E-state index contributed by atoms with van der Waals surface area (Å²) < 4.78 is 21.9. The van der Waals surface area contributed by atoms with E-state index >= 15 is 0 Å². The Morgan fingerprint density at radius 1 is 0.488 bits per heavy atom. The monoisotopic (exact) mass is 572 g/mol. The number of carbonyl (C=O) groups excluding carboxylic acids is 4. The van der Waals surface area contributed by atoms with Crippen LogP contribution >= 0.6 is 0 Å². The van der Waals surface area contributed by atoms with Gasteiger partial charge in [0.05, 0.1) is 0 Å². The molecule has 212 valence electrons. The van der Waals surface area contributed by atoms with Gasteiger partial charge in [0.1, 0.15) is 11.5 Å². The summed E-state index contributed by atoms with van der Waals surface area (Å²) in [5.74, 6) is -1.36. The van der Waals surface area contributed by atoms with Crippen LogP contribution in [0, 0.1) is 20.8 Å². The molecule has 0 atom stereocenters. The SMILES string of the molecule is Cc1ccc2c(c1)=C(OC(=O)Oc1ccccc1C)C(=O)C1=c3ccccc3=C(OC(=O)Oc3ccccc3C)C(=O)C=21. The largest absolute Gasteiger partial charge is 0.519 e. The Labute approximate surface area is 245 Å². The number of ketones is 2. The number of aryl methyl sites for hydroxylation is 3. The second kappa shape index (κ2) is 10.9. The molecule has 8 nitrogen and oxygen atoms in total. The van der Waals surface area contributed by atoms with Crippen LogP contribution in [0.3, 0.4) is 0 Å². The Bertz CT molecular complexity index is 2140. The standard InChI is InChI=1S/C35H24O8/c1-19-16-17-23-25(18-19)33(43-35(39)41-27-15-9-5-11-21(27)3)31(37)28-22-12-6-7-13-24(22)32(30(36)29(23)28)42-34(38)40-26-14-8-4-10-20(26)2/h4-18H,1-3H3. The number of carbonyl (C=O) groups is 4. The van der Waals surface area contributed by atoms with Crippen molar-refractivity contribution in [3.63, 3.8) is 0 Å². The fraction of sp³-hybridized carbons (Fsp3) is 0.0857. The lowest BCUT2D eigenvalue weighted by Crippen LogP contribution is -2.48. The van der Waals surface area contributed by atoms with Crippen LogP contribution in [0.1, 0.15) is 16.7 Å². The Hall–Kier alpha value is -5.76. The van der Waals surface area contributed by atoms with Crippen molar-refractivity contribution in [2.45, 2.75) is 20.8 Å². The molecule has 0 heterocycles. The molecule has 0 saturated carbocycles. The second-order valence-electron chi connectivity index (χ2n) is 10.1. The average molecular weight is 573 g/mol. The van der Waals surface area contributed by atoms with Gasteiger partial charge in [-0.2, -0.15) is 0 Å². The van der Waals surface area contributed by atoms with Crippen molar-refractivity contribution < 1.29 is 38.1 Å². The molecule has 0 N–H and O–H groups in total. The van der Waals surface area contributed by atoms with Crippen LogP contribution in [-0.4, -0.2) is 23.9 Å². The van der Waals surface area contributed by atoms with E-state index in [1.807, 2.05) is 0 Å².